The summed E-state index contributed by atoms with van der Waals surface area (Å²) in [6.45, 7) is 3.92. The summed E-state index contributed by atoms with van der Waals surface area (Å²) in [6.07, 6.45) is 0. The second-order valence-corrected chi connectivity index (χ2v) is 10.1. The fraction of sp³-hybridized carbons (Fsp3) is 0.632. The summed E-state index contributed by atoms with van der Waals surface area (Å²) < 4.78 is 42.2. The van der Waals surface area contributed by atoms with E-state index in [1.807, 2.05) is 6.07 Å². The molecular formula is C19H27N3O6S. The van der Waals surface area contributed by atoms with Crippen LogP contribution in [-0.2, 0) is 19.3 Å². The highest BCUT2D eigenvalue weighted by atomic mass is 32.2. The van der Waals surface area contributed by atoms with E-state index in [0.717, 1.165) is 13.1 Å². The van der Waals surface area contributed by atoms with Crippen LogP contribution >= 0.6 is 0 Å². The smallest absolute Gasteiger partial charge is 0.322 e. The van der Waals surface area contributed by atoms with E-state index in [0.29, 0.717) is 31.2 Å². The van der Waals surface area contributed by atoms with Gasteiger partial charge in [-0.05, 0) is 12.1 Å². The van der Waals surface area contributed by atoms with Gasteiger partial charge in [0, 0.05) is 19.6 Å². The lowest BCUT2D eigenvalue weighted by Gasteiger charge is -2.52. The quantitative estimate of drug-likeness (QED) is 0.747. The predicted molar refractivity (Wildman–Crippen MR) is 107 cm³/mol. The van der Waals surface area contributed by atoms with Gasteiger partial charge in [0.25, 0.3) is 0 Å². The summed E-state index contributed by atoms with van der Waals surface area (Å²) >= 11 is 0. The van der Waals surface area contributed by atoms with Gasteiger partial charge >= 0.3 is 6.03 Å². The maximum Gasteiger partial charge on any atom is 0.322 e. The lowest BCUT2D eigenvalue weighted by Crippen LogP contribution is -2.71. The highest BCUT2D eigenvalue weighted by Gasteiger charge is 2.54. The predicted octanol–water partition coefficient (Wildman–Crippen LogP) is 0.427. The Balaban J connectivity index is 1.32. The minimum atomic E-state index is -3.30. The number of hydrogen-bond donors (Lipinski definition) is 1. The van der Waals surface area contributed by atoms with E-state index in [4.69, 9.17) is 14.2 Å². The molecule has 9 nitrogen and oxygen atoms in total. The van der Waals surface area contributed by atoms with E-state index in [1.165, 1.54) is 7.11 Å². The van der Waals surface area contributed by atoms with Gasteiger partial charge in [-0.25, -0.2) is 13.2 Å². The Morgan fingerprint density at radius 2 is 2.00 bits per heavy atom. The molecule has 160 valence electrons. The summed E-state index contributed by atoms with van der Waals surface area (Å²) in [6, 6.07) is 6.85. The third-order valence-electron chi connectivity index (χ3n) is 5.71. The molecule has 0 aliphatic carbocycles. The van der Waals surface area contributed by atoms with Crippen LogP contribution in [0.4, 0.5) is 10.5 Å². The van der Waals surface area contributed by atoms with Crippen LogP contribution in [-0.4, -0.2) is 101 Å². The van der Waals surface area contributed by atoms with Crippen LogP contribution in [0.1, 0.15) is 0 Å². The summed E-state index contributed by atoms with van der Waals surface area (Å²) in [5.41, 5.74) is -0.220. The normalized spacial score (nSPS) is 26.0. The second kappa shape index (κ2) is 8.10. The first kappa shape index (κ1) is 20.4. The largest absolute Gasteiger partial charge is 0.495 e. The van der Waals surface area contributed by atoms with Crippen LogP contribution in [0.15, 0.2) is 24.3 Å². The van der Waals surface area contributed by atoms with Gasteiger partial charge in [-0.15, -0.1) is 0 Å². The monoisotopic (exact) mass is 425 g/mol. The number of carbonyl (C=O) groups excluding carboxylic acids is 1. The number of nitrogens with zero attached hydrogens (tertiary/aromatic N) is 2. The first-order valence-electron chi connectivity index (χ1n) is 9.75. The molecule has 0 radical (unpaired) electrons. The van der Waals surface area contributed by atoms with Crippen molar-refractivity contribution in [2.45, 2.75) is 10.9 Å². The highest BCUT2D eigenvalue weighted by molar-refractivity contribution is 7.92. The van der Waals surface area contributed by atoms with E-state index in [2.05, 4.69) is 10.2 Å². The molecule has 3 aliphatic heterocycles. The molecule has 3 saturated heterocycles. The number of anilines is 1. The number of rotatable bonds is 4. The Morgan fingerprint density at radius 1 is 1.28 bits per heavy atom. The van der Waals surface area contributed by atoms with E-state index in [-0.39, 0.29) is 31.5 Å². The van der Waals surface area contributed by atoms with Crippen molar-refractivity contribution in [2.24, 2.45) is 0 Å². The Morgan fingerprint density at radius 3 is 2.69 bits per heavy atom. The minimum absolute atomic E-state index is 0.0482. The lowest BCUT2D eigenvalue weighted by molar-refractivity contribution is -0.118. The number of amides is 2. The van der Waals surface area contributed by atoms with Crippen molar-refractivity contribution in [3.8, 4) is 5.75 Å². The summed E-state index contributed by atoms with van der Waals surface area (Å²) in [4.78, 5) is 16.2. The number of ether oxygens (including phenoxy) is 3. The topological polar surface area (TPSA) is 97.4 Å². The van der Waals surface area contributed by atoms with Crippen LogP contribution in [0.5, 0.6) is 5.75 Å². The Kier molecular flexibility index (Phi) is 5.69. The number of carbonyl (C=O) groups is 1. The molecule has 4 rings (SSSR count). The number of morpholine rings is 1. The fourth-order valence-corrected chi connectivity index (χ4v) is 6.00. The number of nitrogens with one attached hydrogen (secondary N) is 1. The Labute approximate surface area is 170 Å². The van der Waals surface area contributed by atoms with Gasteiger partial charge in [-0.1, -0.05) is 12.1 Å². The van der Waals surface area contributed by atoms with Gasteiger partial charge in [-0.2, -0.15) is 0 Å². The second-order valence-electron chi connectivity index (χ2n) is 7.82. The molecule has 0 unspecified atom stereocenters. The zero-order valence-corrected chi connectivity index (χ0v) is 17.3. The van der Waals surface area contributed by atoms with E-state index >= 15 is 0 Å². The maximum absolute atomic E-state index is 12.8. The van der Waals surface area contributed by atoms with E-state index < -0.39 is 20.7 Å². The molecule has 2 amide bonds. The molecule has 3 aliphatic rings. The van der Waals surface area contributed by atoms with Gasteiger partial charge in [0.05, 0.1) is 56.7 Å². The third kappa shape index (κ3) is 4.35. The number of hydrogen-bond acceptors (Lipinski definition) is 7. The highest BCUT2D eigenvalue weighted by Crippen LogP contribution is 2.34. The van der Waals surface area contributed by atoms with Crippen LogP contribution < -0.4 is 10.1 Å². The van der Waals surface area contributed by atoms with Gasteiger partial charge in [0.2, 0.25) is 0 Å². The van der Waals surface area contributed by atoms with Crippen molar-refractivity contribution in [2.75, 3.05) is 70.7 Å². The van der Waals surface area contributed by atoms with E-state index in [1.54, 1.807) is 23.1 Å². The molecule has 1 N–H and O–H groups in total. The number of para-hydroxylation sites is 2. The first-order valence-corrected chi connectivity index (χ1v) is 11.5. The number of urea groups is 1. The van der Waals surface area contributed by atoms with Crippen LogP contribution in [0.3, 0.4) is 0 Å². The maximum atomic E-state index is 12.8. The van der Waals surface area contributed by atoms with Gasteiger partial charge < -0.3 is 24.4 Å². The summed E-state index contributed by atoms with van der Waals surface area (Å²) in [7, 11) is -1.76. The molecule has 1 aromatic carbocycles. The Bertz CT molecular complexity index is 849. The van der Waals surface area contributed by atoms with Crippen molar-refractivity contribution in [1.82, 2.24) is 9.80 Å². The van der Waals surface area contributed by atoms with Crippen molar-refractivity contribution >= 4 is 21.6 Å². The average molecular weight is 426 g/mol. The molecule has 3 fully saturated rings. The standard InChI is InChI=1S/C19H27N3O6S/c1-26-17-5-3-2-4-16(17)20-18(23)22-12-19(13-22)14-29(24,25)15(11-28-19)10-21-6-8-27-9-7-21/h2-5,15H,6-14H2,1H3,(H,20,23)/t15-/m0/s1. The van der Waals surface area contributed by atoms with Crippen molar-refractivity contribution < 1.29 is 27.4 Å². The van der Waals surface area contributed by atoms with Crippen LogP contribution in [0.25, 0.3) is 0 Å². The summed E-state index contributed by atoms with van der Waals surface area (Å²) in [5, 5.41) is 2.28. The average Bonchev–Trinajstić information content (AvgIpc) is 2.68. The fourth-order valence-electron chi connectivity index (χ4n) is 4.06. The minimum Gasteiger partial charge on any atom is -0.495 e. The Hall–Kier alpha value is -1.88. The van der Waals surface area contributed by atoms with Crippen molar-refractivity contribution in [1.29, 1.82) is 0 Å². The molecule has 0 aromatic heterocycles. The zero-order valence-electron chi connectivity index (χ0n) is 16.5. The molecule has 3 heterocycles. The van der Waals surface area contributed by atoms with Crippen LogP contribution in [0.2, 0.25) is 0 Å². The SMILES string of the molecule is COc1ccccc1NC(=O)N1CC2(C1)CS(=O)(=O)[C@@H](CN1CCOCC1)CO2. The van der Waals surface area contributed by atoms with Gasteiger partial charge in [0.1, 0.15) is 11.4 Å². The molecule has 1 atom stereocenters. The molecule has 1 aromatic rings. The van der Waals surface area contributed by atoms with Crippen molar-refractivity contribution in [3.63, 3.8) is 0 Å². The molecule has 29 heavy (non-hydrogen) atoms. The number of benzene rings is 1. The molecule has 0 bridgehead atoms. The van der Waals surface area contributed by atoms with Gasteiger partial charge in [0.15, 0.2) is 9.84 Å². The number of methoxy groups -OCH3 is 1. The molecule has 1 spiro atoms. The van der Waals surface area contributed by atoms with E-state index in [9.17, 15) is 13.2 Å². The van der Waals surface area contributed by atoms with Crippen LogP contribution in [0, 0.1) is 0 Å². The molecule has 0 saturated carbocycles. The zero-order chi connectivity index (χ0) is 20.5. The number of sulfone groups is 1. The summed E-state index contributed by atoms with van der Waals surface area (Å²) in [5.74, 6) is 0.520. The van der Waals surface area contributed by atoms with Gasteiger partial charge in [-0.3, -0.25) is 4.90 Å². The molecule has 10 heteroatoms. The third-order valence-corrected chi connectivity index (χ3v) is 7.94. The van der Waals surface area contributed by atoms with Crippen molar-refractivity contribution in [3.05, 3.63) is 24.3 Å². The molecular weight excluding hydrogens is 398 g/mol. The first-order chi connectivity index (χ1) is 13.9. The number of likely N-dealkylation sites (tertiary alicyclic amines) is 1. The lowest BCUT2D eigenvalue weighted by atomic mass is 9.96.